The number of hydrogen-bond acceptors (Lipinski definition) is 5. The lowest BCUT2D eigenvalue weighted by Gasteiger charge is -2.21. The van der Waals surface area contributed by atoms with Gasteiger partial charge < -0.3 is 23.7 Å². The third kappa shape index (κ3) is 6.25. The number of aromatic nitrogens is 4. The summed E-state index contributed by atoms with van der Waals surface area (Å²) >= 11 is 1.81. The van der Waals surface area contributed by atoms with E-state index in [0.717, 1.165) is 107 Å². The van der Waals surface area contributed by atoms with Crippen molar-refractivity contribution in [2.24, 2.45) is 0 Å². The molecule has 16 rings (SSSR count). The van der Waals surface area contributed by atoms with E-state index >= 15 is 0 Å². The Kier molecular flexibility index (Phi) is 9.26. The van der Waals surface area contributed by atoms with Crippen LogP contribution >= 0.6 is 11.3 Å². The maximum Gasteiger partial charge on any atom is 0.138 e. The predicted octanol–water partition coefficient (Wildman–Crippen LogP) is 18.1. The first-order valence-electron chi connectivity index (χ1n) is 25.9. The Bertz CT molecular complexity index is 4660. The summed E-state index contributed by atoms with van der Waals surface area (Å²) in [5, 5.41) is 9.49. The van der Waals surface area contributed by atoms with Crippen molar-refractivity contribution in [3.8, 4) is 39.8 Å². The maximum atomic E-state index is 7.22. The SMILES string of the molecule is Cc1cc(-n2c3ccccc3c3ccc(Oc4cc(N5CN(C)c6ccccc65)cc5sc6ccccc6c45)cc32)ncc1-c1c(-n2c3ccccc3c3ccccc32)cccc1-n1c2ccccc2c2ccccc21. The molecule has 76 heavy (non-hydrogen) atoms. The van der Waals surface area contributed by atoms with Gasteiger partial charge in [-0.1, -0.05) is 127 Å². The highest BCUT2D eigenvalue weighted by Gasteiger charge is 2.27. The molecule has 7 nitrogen and oxygen atoms in total. The normalized spacial score (nSPS) is 12.8. The number of pyridine rings is 1. The summed E-state index contributed by atoms with van der Waals surface area (Å²) in [7, 11) is 2.16. The number of hydrogen-bond donors (Lipinski definition) is 0. The monoisotopic (exact) mass is 994 g/mol. The van der Waals surface area contributed by atoms with E-state index in [1.54, 1.807) is 0 Å². The summed E-state index contributed by atoms with van der Waals surface area (Å²) in [5.74, 6) is 2.43. The van der Waals surface area contributed by atoms with Crippen molar-refractivity contribution in [1.29, 1.82) is 0 Å². The van der Waals surface area contributed by atoms with Crippen molar-refractivity contribution in [3.63, 3.8) is 0 Å². The van der Waals surface area contributed by atoms with Gasteiger partial charge in [0.1, 0.15) is 17.3 Å². The zero-order valence-electron chi connectivity index (χ0n) is 41.6. The highest BCUT2D eigenvalue weighted by atomic mass is 32.1. The lowest BCUT2D eigenvalue weighted by molar-refractivity contribution is 0.489. The number of para-hydroxylation sites is 7. The number of rotatable bonds is 7. The average molecular weight is 995 g/mol. The van der Waals surface area contributed by atoms with E-state index in [9.17, 15) is 0 Å². The summed E-state index contributed by atoms with van der Waals surface area (Å²) in [6.45, 7) is 2.99. The van der Waals surface area contributed by atoms with Crippen molar-refractivity contribution >= 4 is 114 Å². The zero-order chi connectivity index (χ0) is 50.2. The predicted molar refractivity (Wildman–Crippen MR) is 319 cm³/mol. The van der Waals surface area contributed by atoms with E-state index in [-0.39, 0.29) is 0 Å². The van der Waals surface area contributed by atoms with Crippen LogP contribution in [0.3, 0.4) is 0 Å². The maximum absolute atomic E-state index is 7.22. The van der Waals surface area contributed by atoms with Crippen LogP contribution in [0, 0.1) is 6.92 Å². The Morgan fingerprint density at radius 2 is 0.934 bits per heavy atom. The number of anilines is 3. The van der Waals surface area contributed by atoms with Gasteiger partial charge in [0.05, 0.1) is 62.5 Å². The van der Waals surface area contributed by atoms with Crippen molar-refractivity contribution in [3.05, 3.63) is 236 Å². The van der Waals surface area contributed by atoms with Crippen LogP contribution in [0.15, 0.2) is 231 Å². The van der Waals surface area contributed by atoms with Crippen molar-refractivity contribution in [2.45, 2.75) is 6.92 Å². The Morgan fingerprint density at radius 3 is 1.53 bits per heavy atom. The minimum atomic E-state index is 0.750. The van der Waals surface area contributed by atoms with Crippen LogP contribution in [0.4, 0.5) is 17.1 Å². The molecule has 0 N–H and O–H groups in total. The molecule has 0 fully saturated rings. The molecule has 0 radical (unpaired) electrons. The molecule has 6 heterocycles. The molecule has 0 spiro atoms. The summed E-state index contributed by atoms with van der Waals surface area (Å²) < 4.78 is 16.8. The Balaban J connectivity index is 0.888. The van der Waals surface area contributed by atoms with Crippen LogP contribution in [0.5, 0.6) is 11.5 Å². The number of fused-ring (bicyclic) bond motifs is 13. The molecule has 0 atom stereocenters. The van der Waals surface area contributed by atoms with Crippen molar-refractivity contribution < 1.29 is 4.74 Å². The molecule has 15 aromatic rings. The third-order valence-electron chi connectivity index (χ3n) is 15.8. The number of ether oxygens (including phenoxy) is 1. The van der Waals surface area contributed by atoms with Gasteiger partial charge in [-0.3, -0.25) is 4.57 Å². The van der Waals surface area contributed by atoms with Crippen LogP contribution in [-0.2, 0) is 0 Å². The highest BCUT2D eigenvalue weighted by molar-refractivity contribution is 7.26. The molecule has 8 heteroatoms. The Labute approximate surface area is 441 Å². The molecule has 0 saturated heterocycles. The summed E-state index contributed by atoms with van der Waals surface area (Å²) in [6, 6.07) is 81.1. The average Bonchev–Trinajstić information content (AvgIpc) is 4.30. The van der Waals surface area contributed by atoms with Gasteiger partial charge in [-0.15, -0.1) is 11.3 Å². The second-order valence-corrected chi connectivity index (χ2v) is 21.2. The van der Waals surface area contributed by atoms with E-state index in [2.05, 4.69) is 268 Å². The van der Waals surface area contributed by atoms with E-state index in [1.165, 1.54) is 47.7 Å². The molecular formula is C68H46N6OS. The van der Waals surface area contributed by atoms with Gasteiger partial charge in [-0.25, -0.2) is 4.98 Å². The van der Waals surface area contributed by atoms with Crippen LogP contribution in [0.25, 0.3) is 114 Å². The third-order valence-corrected chi connectivity index (χ3v) is 16.9. The second-order valence-electron chi connectivity index (χ2n) is 20.1. The van der Waals surface area contributed by atoms with Gasteiger partial charge in [-0.2, -0.15) is 0 Å². The van der Waals surface area contributed by atoms with Crippen molar-refractivity contribution in [2.75, 3.05) is 23.5 Å². The van der Waals surface area contributed by atoms with Gasteiger partial charge in [0.15, 0.2) is 0 Å². The van der Waals surface area contributed by atoms with E-state index < -0.39 is 0 Å². The fourth-order valence-corrected chi connectivity index (χ4v) is 13.6. The molecule has 1 aliphatic rings. The summed E-state index contributed by atoms with van der Waals surface area (Å²) in [6.07, 6.45) is 2.10. The molecule has 360 valence electrons. The lowest BCUT2D eigenvalue weighted by atomic mass is 9.98. The summed E-state index contributed by atoms with van der Waals surface area (Å²) in [4.78, 5) is 10.2. The molecule has 0 unspecified atom stereocenters. The molecule has 0 saturated carbocycles. The summed E-state index contributed by atoms with van der Waals surface area (Å²) in [5.41, 5.74) is 15.7. The van der Waals surface area contributed by atoms with E-state index in [0.29, 0.717) is 0 Å². The molecule has 0 amide bonds. The van der Waals surface area contributed by atoms with Gasteiger partial charge >= 0.3 is 0 Å². The first kappa shape index (κ1) is 42.8. The molecule has 5 aromatic heterocycles. The van der Waals surface area contributed by atoms with Crippen LogP contribution in [0.1, 0.15) is 5.56 Å². The molecule has 0 bridgehead atoms. The lowest BCUT2D eigenvalue weighted by Crippen LogP contribution is -2.23. The fraction of sp³-hybridized carbons (Fsp3) is 0.0441. The van der Waals surface area contributed by atoms with Crippen LogP contribution in [-0.4, -0.2) is 32.4 Å². The Morgan fingerprint density at radius 1 is 0.434 bits per heavy atom. The molecule has 0 aliphatic carbocycles. The number of benzene rings is 10. The zero-order valence-corrected chi connectivity index (χ0v) is 42.5. The standard InChI is InChI=1S/C68H46N6OS/c1-42-36-66(69-40-52(42)67-60(72-53-24-9-3-18-45(53)46-19-4-10-25-54(46)72)31-17-32-61(67)73-55-26-11-5-20-47(55)48-21-6-12-27-56(48)73)74-57-28-13-7-22-49(57)50-35-34-44(39-62(50)74)75-63-37-43(71-41-70(2)58-29-14-15-30-59(58)71)38-65-68(63)51-23-8-16-33-64(51)76-65/h3-40H,41H2,1-2H3. The second kappa shape index (κ2) is 16.4. The van der Waals surface area contributed by atoms with Gasteiger partial charge in [0.25, 0.3) is 0 Å². The fourth-order valence-electron chi connectivity index (χ4n) is 12.5. The largest absolute Gasteiger partial charge is 0.457 e. The molecular weight excluding hydrogens is 949 g/mol. The minimum absolute atomic E-state index is 0.750. The minimum Gasteiger partial charge on any atom is -0.457 e. The highest BCUT2D eigenvalue weighted by Crippen LogP contribution is 2.49. The Hall–Kier alpha value is -9.63. The topological polar surface area (TPSA) is 43.4 Å². The van der Waals surface area contributed by atoms with Crippen LogP contribution in [0.2, 0.25) is 0 Å². The van der Waals surface area contributed by atoms with E-state index in [1.807, 2.05) is 11.3 Å². The molecule has 10 aromatic carbocycles. The number of thiophene rings is 1. The molecule has 1 aliphatic heterocycles. The van der Waals surface area contributed by atoms with Crippen molar-refractivity contribution in [1.82, 2.24) is 18.7 Å². The van der Waals surface area contributed by atoms with Gasteiger partial charge in [0.2, 0.25) is 0 Å². The van der Waals surface area contributed by atoms with E-state index in [4.69, 9.17) is 9.72 Å². The smallest absolute Gasteiger partial charge is 0.138 e. The first-order valence-corrected chi connectivity index (χ1v) is 26.7. The van der Waals surface area contributed by atoms with Gasteiger partial charge in [-0.05, 0) is 97.4 Å². The quantitative estimate of drug-likeness (QED) is 0.160. The van der Waals surface area contributed by atoms with Crippen LogP contribution < -0.4 is 14.5 Å². The number of aryl methyl sites for hydroxylation is 1. The first-order chi connectivity index (χ1) is 37.5. The number of nitrogens with zero attached hydrogens (tertiary/aromatic N) is 6. The van der Waals surface area contributed by atoms with Gasteiger partial charge in [0, 0.05) is 94.7 Å².